The molecule has 0 bridgehead atoms. The summed E-state index contributed by atoms with van der Waals surface area (Å²) in [4.78, 5) is 12.4. The number of benzene rings is 2. The van der Waals surface area contributed by atoms with Gasteiger partial charge in [-0.1, -0.05) is 36.4 Å². The van der Waals surface area contributed by atoms with Crippen molar-refractivity contribution in [2.24, 2.45) is 5.73 Å². The van der Waals surface area contributed by atoms with Gasteiger partial charge in [-0.25, -0.2) is 0 Å². The molecule has 3 atom stereocenters. The molecule has 1 heterocycles. The van der Waals surface area contributed by atoms with Gasteiger partial charge in [0, 0.05) is 0 Å². The topological polar surface area (TPSA) is 90.9 Å². The minimum Gasteiger partial charge on any atom is -0.349 e. The predicted molar refractivity (Wildman–Crippen MR) is 110 cm³/mol. The molecule has 2 aromatic rings. The average molecular weight is 381 g/mol. The van der Waals surface area contributed by atoms with E-state index in [-0.39, 0.29) is 18.0 Å². The van der Waals surface area contributed by atoms with Crippen molar-refractivity contribution in [1.29, 1.82) is 5.26 Å². The maximum absolute atomic E-state index is 12.4. The molecule has 1 aliphatic heterocycles. The minimum atomic E-state index is -0.437. The first-order valence-corrected chi connectivity index (χ1v) is 9.65. The van der Waals surface area contributed by atoms with Gasteiger partial charge in [-0.3, -0.25) is 4.79 Å². The van der Waals surface area contributed by atoms with Crippen molar-refractivity contribution in [1.82, 2.24) is 10.6 Å². The summed E-state index contributed by atoms with van der Waals surface area (Å²) < 4.78 is 0. The summed E-state index contributed by atoms with van der Waals surface area (Å²) in [6.45, 7) is 0.881. The number of nitrogens with one attached hydrogen (secondary N) is 2. The molecule has 5 nitrogen and oxygen atoms in total. The average Bonchev–Trinajstić information content (AvgIpc) is 3.23. The second-order valence-electron chi connectivity index (χ2n) is 6.84. The van der Waals surface area contributed by atoms with Crippen molar-refractivity contribution in [3.63, 3.8) is 0 Å². The van der Waals surface area contributed by atoms with Crippen molar-refractivity contribution >= 4 is 18.5 Å². The maximum Gasteiger partial charge on any atom is 0.237 e. The first-order chi connectivity index (χ1) is 13.1. The molecule has 1 amide bonds. The maximum atomic E-state index is 12.4. The molecule has 1 fully saturated rings. The zero-order valence-corrected chi connectivity index (χ0v) is 16.0. The number of nitrogens with zero attached hydrogens (tertiary/aromatic N) is 1. The molecule has 1 saturated heterocycles. The van der Waals surface area contributed by atoms with Crippen LogP contribution in [0.15, 0.2) is 48.5 Å². The van der Waals surface area contributed by atoms with E-state index in [9.17, 15) is 4.79 Å². The van der Waals surface area contributed by atoms with Gasteiger partial charge in [0.2, 0.25) is 5.91 Å². The highest BCUT2D eigenvalue weighted by Crippen LogP contribution is 2.21. The zero-order valence-electron chi connectivity index (χ0n) is 15.1. The van der Waals surface area contributed by atoms with Gasteiger partial charge in [-0.15, -0.1) is 0 Å². The quantitative estimate of drug-likeness (QED) is 0.457. The van der Waals surface area contributed by atoms with Crippen LogP contribution in [0.25, 0.3) is 11.1 Å². The van der Waals surface area contributed by atoms with Crippen molar-refractivity contribution < 1.29 is 4.79 Å². The number of amides is 1. The Morgan fingerprint density at radius 2 is 1.85 bits per heavy atom. The van der Waals surface area contributed by atoms with E-state index < -0.39 is 5.37 Å². The van der Waals surface area contributed by atoms with Crippen molar-refractivity contribution in [2.45, 2.75) is 36.7 Å². The Kier molecular flexibility index (Phi) is 6.51. The van der Waals surface area contributed by atoms with Crippen LogP contribution in [0.5, 0.6) is 0 Å². The third-order valence-corrected chi connectivity index (χ3v) is 5.23. The van der Waals surface area contributed by atoms with Crippen LogP contribution in [-0.2, 0) is 11.2 Å². The highest BCUT2D eigenvalue weighted by Gasteiger charge is 2.25. The Morgan fingerprint density at radius 3 is 2.37 bits per heavy atom. The molecular formula is C21H24N4OS. The van der Waals surface area contributed by atoms with Crippen molar-refractivity contribution in [3.05, 3.63) is 59.7 Å². The lowest BCUT2D eigenvalue weighted by atomic mass is 9.99. The van der Waals surface area contributed by atoms with E-state index in [2.05, 4.69) is 29.3 Å². The SMILES string of the molecule is N#Cc1ccc(-c2ccc(C[C@H](NC(=O)[C@@H]3CCCN3)[C@H](N)S)cc2)cc1. The fourth-order valence-electron chi connectivity index (χ4n) is 3.27. The summed E-state index contributed by atoms with van der Waals surface area (Å²) in [6, 6.07) is 17.4. The Bertz CT molecular complexity index is 806. The number of hydrogen-bond donors (Lipinski definition) is 4. The third-order valence-electron chi connectivity index (χ3n) is 4.87. The van der Waals surface area contributed by atoms with Crippen LogP contribution in [0.2, 0.25) is 0 Å². The molecule has 1 aliphatic rings. The summed E-state index contributed by atoms with van der Waals surface area (Å²) in [5.74, 6) is -0.00352. The minimum absolute atomic E-state index is 0.00352. The van der Waals surface area contributed by atoms with E-state index in [4.69, 9.17) is 11.0 Å². The third kappa shape index (κ3) is 5.10. The second kappa shape index (κ2) is 9.05. The fraction of sp³-hybridized carbons (Fsp3) is 0.333. The molecule has 0 radical (unpaired) electrons. The van der Waals surface area contributed by atoms with E-state index in [1.165, 1.54) is 0 Å². The number of carbonyl (C=O) groups excluding carboxylic acids is 1. The molecule has 2 aromatic carbocycles. The van der Waals surface area contributed by atoms with Gasteiger partial charge in [-0.05, 0) is 54.6 Å². The van der Waals surface area contributed by atoms with Gasteiger partial charge in [0.25, 0.3) is 0 Å². The summed E-state index contributed by atoms with van der Waals surface area (Å²) >= 11 is 4.35. The lowest BCUT2D eigenvalue weighted by Gasteiger charge is -2.24. The molecule has 140 valence electrons. The smallest absolute Gasteiger partial charge is 0.237 e. The Hall–Kier alpha value is -2.33. The van der Waals surface area contributed by atoms with Crippen LogP contribution in [0.1, 0.15) is 24.0 Å². The standard InChI is InChI=1S/C21H24N4OS/c22-13-15-5-9-17(10-6-15)16-7-3-14(4-8-16)12-19(20(23)27)25-21(26)18-2-1-11-24-18/h3-10,18-20,24,27H,1-2,11-12,23H2,(H,25,26)/t18-,19-,20+/m0/s1. The van der Waals surface area contributed by atoms with Gasteiger partial charge in [-0.2, -0.15) is 17.9 Å². The van der Waals surface area contributed by atoms with Crippen molar-refractivity contribution in [2.75, 3.05) is 6.54 Å². The molecule has 3 rings (SSSR count). The molecule has 0 spiro atoms. The molecule has 27 heavy (non-hydrogen) atoms. The number of nitriles is 1. The van der Waals surface area contributed by atoms with Gasteiger partial charge >= 0.3 is 0 Å². The molecule has 0 saturated carbocycles. The van der Waals surface area contributed by atoms with E-state index in [1.807, 2.05) is 48.5 Å². The normalized spacial score (nSPS) is 18.5. The number of nitrogens with two attached hydrogens (primary N) is 1. The molecule has 4 N–H and O–H groups in total. The highest BCUT2D eigenvalue weighted by molar-refractivity contribution is 7.80. The first kappa shape index (κ1) is 19.4. The van der Waals surface area contributed by atoms with E-state index in [0.29, 0.717) is 12.0 Å². The second-order valence-corrected chi connectivity index (χ2v) is 7.44. The predicted octanol–water partition coefficient (Wildman–Crippen LogP) is 2.22. The Balaban J connectivity index is 1.65. The largest absolute Gasteiger partial charge is 0.349 e. The lowest BCUT2D eigenvalue weighted by molar-refractivity contribution is -0.123. The summed E-state index contributed by atoms with van der Waals surface area (Å²) in [5.41, 5.74) is 9.85. The summed E-state index contributed by atoms with van der Waals surface area (Å²) in [7, 11) is 0. The first-order valence-electron chi connectivity index (χ1n) is 9.13. The van der Waals surface area contributed by atoms with E-state index >= 15 is 0 Å². The Labute approximate surface area is 165 Å². The Morgan fingerprint density at radius 1 is 1.22 bits per heavy atom. The monoisotopic (exact) mass is 380 g/mol. The van der Waals surface area contributed by atoms with Crippen LogP contribution in [0.3, 0.4) is 0 Å². The molecule has 6 heteroatoms. The van der Waals surface area contributed by atoms with Gasteiger partial charge in [0.1, 0.15) is 0 Å². The van der Waals surface area contributed by atoms with Crippen LogP contribution >= 0.6 is 12.6 Å². The zero-order chi connectivity index (χ0) is 19.2. The molecule has 0 unspecified atom stereocenters. The summed E-state index contributed by atoms with van der Waals surface area (Å²) in [6.07, 6.45) is 2.50. The van der Waals surface area contributed by atoms with Gasteiger partial charge in [0.15, 0.2) is 0 Å². The van der Waals surface area contributed by atoms with Crippen LogP contribution in [0, 0.1) is 11.3 Å². The van der Waals surface area contributed by atoms with E-state index in [0.717, 1.165) is 36.1 Å². The number of thiol groups is 1. The number of carbonyl (C=O) groups is 1. The van der Waals surface area contributed by atoms with E-state index in [1.54, 1.807) is 0 Å². The fourth-order valence-corrected chi connectivity index (χ4v) is 3.45. The number of rotatable bonds is 6. The molecule has 0 aromatic heterocycles. The highest BCUT2D eigenvalue weighted by atomic mass is 32.1. The van der Waals surface area contributed by atoms with Gasteiger partial charge in [0.05, 0.1) is 29.1 Å². The lowest BCUT2D eigenvalue weighted by Crippen LogP contribution is -2.51. The van der Waals surface area contributed by atoms with Crippen LogP contribution in [-0.4, -0.2) is 29.9 Å². The summed E-state index contributed by atoms with van der Waals surface area (Å²) in [5, 5.41) is 14.7. The van der Waals surface area contributed by atoms with Crippen LogP contribution < -0.4 is 16.4 Å². The number of hydrogen-bond acceptors (Lipinski definition) is 5. The van der Waals surface area contributed by atoms with Crippen LogP contribution in [0.4, 0.5) is 0 Å². The van der Waals surface area contributed by atoms with Crippen molar-refractivity contribution in [3.8, 4) is 17.2 Å². The molecular weight excluding hydrogens is 356 g/mol. The molecule has 0 aliphatic carbocycles. The van der Waals surface area contributed by atoms with Gasteiger partial charge < -0.3 is 16.4 Å².